The zero-order chi connectivity index (χ0) is 19.9. The first-order chi connectivity index (χ1) is 12.8. The molecule has 1 unspecified atom stereocenters. The van der Waals surface area contributed by atoms with E-state index in [9.17, 15) is 13.2 Å². The number of benzene rings is 2. The van der Waals surface area contributed by atoms with Gasteiger partial charge in [0.2, 0.25) is 15.9 Å². The largest absolute Gasteiger partial charge is 0.354 e. The highest BCUT2D eigenvalue weighted by molar-refractivity contribution is 7.92. The summed E-state index contributed by atoms with van der Waals surface area (Å²) in [6, 6.07) is 16.5. The van der Waals surface area contributed by atoms with E-state index >= 15 is 0 Å². The number of nitrogens with one attached hydrogen (secondary N) is 1. The number of rotatable bonds is 9. The topological polar surface area (TPSA) is 66.5 Å². The van der Waals surface area contributed by atoms with Crippen molar-refractivity contribution in [3.63, 3.8) is 0 Å². The second-order valence-corrected chi connectivity index (χ2v) is 8.56. The van der Waals surface area contributed by atoms with Gasteiger partial charge in [-0.25, -0.2) is 8.42 Å². The maximum absolute atomic E-state index is 12.7. The van der Waals surface area contributed by atoms with Crippen molar-refractivity contribution in [1.82, 2.24) is 5.32 Å². The average molecular weight is 389 g/mol. The molecule has 27 heavy (non-hydrogen) atoms. The Bertz CT molecular complexity index is 851. The summed E-state index contributed by atoms with van der Waals surface area (Å²) >= 11 is 0. The van der Waals surface area contributed by atoms with E-state index in [0.29, 0.717) is 18.7 Å². The molecule has 1 N–H and O–H groups in total. The standard InChI is InChI=1S/C21H28N2O3S/c1-4-20(21(24)22-15-9-13-18-11-6-5-7-12-18)23(27(3,25)26)19-14-8-10-17(2)16-19/h5-8,10-12,14,16,20H,4,9,13,15H2,1-3H3,(H,22,24). The summed E-state index contributed by atoms with van der Waals surface area (Å²) in [7, 11) is -3.59. The van der Waals surface area contributed by atoms with Crippen molar-refractivity contribution in [2.45, 2.75) is 39.2 Å². The Balaban J connectivity index is 2.06. The Labute approximate surface area is 162 Å². The van der Waals surface area contributed by atoms with Crippen LogP contribution < -0.4 is 9.62 Å². The first-order valence-electron chi connectivity index (χ1n) is 9.20. The molecule has 1 amide bonds. The van der Waals surface area contributed by atoms with Crippen LogP contribution >= 0.6 is 0 Å². The van der Waals surface area contributed by atoms with Gasteiger partial charge in [0.25, 0.3) is 0 Å². The molecule has 0 saturated heterocycles. The van der Waals surface area contributed by atoms with Crippen LogP contribution in [-0.2, 0) is 21.2 Å². The van der Waals surface area contributed by atoms with Gasteiger partial charge in [-0.15, -0.1) is 0 Å². The molecule has 0 heterocycles. The molecule has 0 aliphatic heterocycles. The van der Waals surface area contributed by atoms with Crippen molar-refractivity contribution < 1.29 is 13.2 Å². The molecule has 0 radical (unpaired) electrons. The molecule has 5 nitrogen and oxygen atoms in total. The normalized spacial score (nSPS) is 12.4. The number of anilines is 1. The number of carbonyl (C=O) groups is 1. The van der Waals surface area contributed by atoms with Gasteiger partial charge in [-0.2, -0.15) is 0 Å². The van der Waals surface area contributed by atoms with Gasteiger partial charge in [0.05, 0.1) is 11.9 Å². The van der Waals surface area contributed by atoms with Crippen molar-refractivity contribution in [1.29, 1.82) is 0 Å². The Morgan fingerprint density at radius 1 is 1.11 bits per heavy atom. The van der Waals surface area contributed by atoms with E-state index in [1.807, 2.05) is 38.1 Å². The van der Waals surface area contributed by atoms with Crippen LogP contribution in [0, 0.1) is 6.92 Å². The van der Waals surface area contributed by atoms with Crippen LogP contribution in [0.15, 0.2) is 54.6 Å². The van der Waals surface area contributed by atoms with Crippen LogP contribution in [0.4, 0.5) is 5.69 Å². The number of nitrogens with zero attached hydrogens (tertiary/aromatic N) is 1. The number of carbonyl (C=O) groups excluding carboxylic acids is 1. The Morgan fingerprint density at radius 3 is 2.41 bits per heavy atom. The van der Waals surface area contributed by atoms with E-state index in [4.69, 9.17) is 0 Å². The minimum atomic E-state index is -3.59. The highest BCUT2D eigenvalue weighted by atomic mass is 32.2. The zero-order valence-electron chi connectivity index (χ0n) is 16.2. The predicted octanol–water partition coefficient (Wildman–Crippen LogP) is 3.29. The summed E-state index contributed by atoms with van der Waals surface area (Å²) in [6.07, 6.45) is 3.20. The van der Waals surface area contributed by atoms with Crippen LogP contribution in [0.1, 0.15) is 30.9 Å². The van der Waals surface area contributed by atoms with Gasteiger partial charge in [0.1, 0.15) is 6.04 Å². The molecule has 6 heteroatoms. The van der Waals surface area contributed by atoms with E-state index in [-0.39, 0.29) is 5.91 Å². The third-order valence-corrected chi connectivity index (χ3v) is 5.55. The van der Waals surface area contributed by atoms with Gasteiger partial charge in [-0.3, -0.25) is 9.10 Å². The number of aryl methyl sites for hydroxylation is 2. The van der Waals surface area contributed by atoms with E-state index in [1.165, 1.54) is 9.87 Å². The lowest BCUT2D eigenvalue weighted by atomic mass is 10.1. The molecule has 2 aromatic rings. The molecule has 0 saturated carbocycles. The minimum Gasteiger partial charge on any atom is -0.354 e. The molecule has 2 aromatic carbocycles. The molecule has 146 valence electrons. The Morgan fingerprint density at radius 2 is 1.81 bits per heavy atom. The van der Waals surface area contributed by atoms with Crippen LogP contribution in [0.2, 0.25) is 0 Å². The highest BCUT2D eigenvalue weighted by Crippen LogP contribution is 2.23. The first kappa shape index (κ1) is 21.0. The quantitative estimate of drug-likeness (QED) is 0.671. The molecule has 2 rings (SSSR count). The van der Waals surface area contributed by atoms with Gasteiger partial charge in [-0.05, 0) is 49.4 Å². The lowest BCUT2D eigenvalue weighted by Crippen LogP contribution is -2.49. The third kappa shape index (κ3) is 6.10. The third-order valence-electron chi connectivity index (χ3n) is 4.37. The van der Waals surface area contributed by atoms with Crippen LogP contribution in [0.3, 0.4) is 0 Å². The van der Waals surface area contributed by atoms with Crippen LogP contribution in [0.25, 0.3) is 0 Å². The van der Waals surface area contributed by atoms with Crippen LogP contribution in [-0.4, -0.2) is 33.2 Å². The van der Waals surface area contributed by atoms with Crippen molar-refractivity contribution in [2.24, 2.45) is 0 Å². The minimum absolute atomic E-state index is 0.266. The molecular formula is C21H28N2O3S. The van der Waals surface area contributed by atoms with E-state index in [2.05, 4.69) is 17.4 Å². The molecule has 0 aliphatic carbocycles. The molecule has 0 spiro atoms. The molecule has 0 aromatic heterocycles. The zero-order valence-corrected chi connectivity index (χ0v) is 17.0. The van der Waals surface area contributed by atoms with Crippen LogP contribution in [0.5, 0.6) is 0 Å². The fraction of sp³-hybridized carbons (Fsp3) is 0.381. The van der Waals surface area contributed by atoms with Crippen molar-refractivity contribution in [3.05, 3.63) is 65.7 Å². The van der Waals surface area contributed by atoms with E-state index in [0.717, 1.165) is 24.7 Å². The van der Waals surface area contributed by atoms with Gasteiger partial charge < -0.3 is 5.32 Å². The fourth-order valence-corrected chi connectivity index (χ4v) is 4.30. The summed E-state index contributed by atoms with van der Waals surface area (Å²) in [5, 5.41) is 2.90. The maximum atomic E-state index is 12.7. The van der Waals surface area contributed by atoms with Gasteiger partial charge in [-0.1, -0.05) is 49.4 Å². The number of sulfonamides is 1. The van der Waals surface area contributed by atoms with E-state index in [1.54, 1.807) is 18.2 Å². The SMILES string of the molecule is CCC(C(=O)NCCCc1ccccc1)N(c1cccc(C)c1)S(C)(=O)=O. The molecule has 0 fully saturated rings. The fourth-order valence-electron chi connectivity index (χ4n) is 3.09. The predicted molar refractivity (Wildman–Crippen MR) is 110 cm³/mol. The number of hydrogen-bond donors (Lipinski definition) is 1. The second-order valence-electron chi connectivity index (χ2n) is 6.70. The highest BCUT2D eigenvalue weighted by Gasteiger charge is 2.31. The number of hydrogen-bond acceptors (Lipinski definition) is 3. The monoisotopic (exact) mass is 388 g/mol. The van der Waals surface area contributed by atoms with Crippen molar-refractivity contribution >= 4 is 21.6 Å². The summed E-state index contributed by atoms with van der Waals surface area (Å²) in [6.45, 7) is 4.23. The molecule has 1 atom stereocenters. The average Bonchev–Trinajstić information content (AvgIpc) is 2.62. The molecule has 0 bridgehead atoms. The van der Waals surface area contributed by atoms with Gasteiger partial charge in [0, 0.05) is 6.54 Å². The lowest BCUT2D eigenvalue weighted by Gasteiger charge is -2.30. The second kappa shape index (κ2) is 9.55. The number of amides is 1. The van der Waals surface area contributed by atoms with Crippen molar-refractivity contribution in [2.75, 3.05) is 17.1 Å². The summed E-state index contributed by atoms with van der Waals surface area (Å²) in [5.41, 5.74) is 2.68. The summed E-state index contributed by atoms with van der Waals surface area (Å²) in [5.74, 6) is -0.266. The lowest BCUT2D eigenvalue weighted by molar-refractivity contribution is -0.122. The summed E-state index contributed by atoms with van der Waals surface area (Å²) < 4.78 is 26.0. The molecular weight excluding hydrogens is 360 g/mol. The Kier molecular flexibility index (Phi) is 7.42. The Hall–Kier alpha value is -2.34. The van der Waals surface area contributed by atoms with Gasteiger partial charge >= 0.3 is 0 Å². The van der Waals surface area contributed by atoms with Crippen molar-refractivity contribution in [3.8, 4) is 0 Å². The molecule has 0 aliphatic rings. The maximum Gasteiger partial charge on any atom is 0.243 e. The van der Waals surface area contributed by atoms with E-state index < -0.39 is 16.1 Å². The first-order valence-corrected chi connectivity index (χ1v) is 11.1. The summed E-state index contributed by atoms with van der Waals surface area (Å²) in [4.78, 5) is 12.7. The van der Waals surface area contributed by atoms with Gasteiger partial charge in [0.15, 0.2) is 0 Å². The smallest absolute Gasteiger partial charge is 0.243 e.